The van der Waals surface area contributed by atoms with Gasteiger partial charge in [0.25, 0.3) is 0 Å². The fourth-order valence-electron chi connectivity index (χ4n) is 2.04. The fourth-order valence-corrected chi connectivity index (χ4v) is 3.60. The number of hydrogen-bond acceptors (Lipinski definition) is 2. The van der Waals surface area contributed by atoms with Crippen molar-refractivity contribution >= 4 is 11.8 Å². The highest BCUT2D eigenvalue weighted by Crippen LogP contribution is 2.35. The summed E-state index contributed by atoms with van der Waals surface area (Å²) in [6, 6.07) is 0. The predicted octanol–water partition coefficient (Wildman–Crippen LogP) is 1.30. The molecule has 2 rings (SSSR count). The predicted molar refractivity (Wildman–Crippen MR) is 46.4 cm³/mol. The van der Waals surface area contributed by atoms with Crippen molar-refractivity contribution in [2.45, 2.75) is 6.42 Å². The van der Waals surface area contributed by atoms with Gasteiger partial charge in [0.1, 0.15) is 0 Å². The van der Waals surface area contributed by atoms with Gasteiger partial charge in [-0.1, -0.05) is 0 Å². The largest absolute Gasteiger partial charge is 0.306 e. The summed E-state index contributed by atoms with van der Waals surface area (Å²) in [6.07, 6.45) is 1.45. The van der Waals surface area contributed by atoms with E-state index in [1.807, 2.05) is 0 Å². The summed E-state index contributed by atoms with van der Waals surface area (Å²) < 4.78 is 0. The first kappa shape index (κ1) is 6.99. The van der Waals surface area contributed by atoms with Crippen LogP contribution >= 0.6 is 11.8 Å². The summed E-state index contributed by atoms with van der Waals surface area (Å²) in [5.41, 5.74) is 0. The van der Waals surface area contributed by atoms with Gasteiger partial charge in [-0.2, -0.15) is 11.8 Å². The van der Waals surface area contributed by atoms with Crippen LogP contribution in [0, 0.1) is 11.8 Å². The van der Waals surface area contributed by atoms with E-state index in [9.17, 15) is 0 Å². The van der Waals surface area contributed by atoms with Gasteiger partial charge in [0, 0.05) is 6.54 Å². The topological polar surface area (TPSA) is 3.24 Å². The molecular weight excluding hydrogens is 142 g/mol. The molecule has 0 aliphatic carbocycles. The second kappa shape index (κ2) is 2.74. The highest BCUT2D eigenvalue weighted by molar-refractivity contribution is 7.99. The van der Waals surface area contributed by atoms with Crippen LogP contribution in [0.25, 0.3) is 0 Å². The summed E-state index contributed by atoms with van der Waals surface area (Å²) >= 11 is 2.15. The highest BCUT2D eigenvalue weighted by atomic mass is 32.2. The van der Waals surface area contributed by atoms with E-state index >= 15 is 0 Å². The molecule has 0 aromatic heterocycles. The van der Waals surface area contributed by atoms with Gasteiger partial charge in [0.05, 0.1) is 0 Å². The van der Waals surface area contributed by atoms with Crippen LogP contribution in [0.2, 0.25) is 0 Å². The molecule has 0 aromatic rings. The Balaban J connectivity index is 1.96. The van der Waals surface area contributed by atoms with E-state index in [0.717, 1.165) is 11.8 Å². The second-order valence-electron chi connectivity index (χ2n) is 3.61. The summed E-state index contributed by atoms with van der Waals surface area (Å²) in [5, 5.41) is 0. The van der Waals surface area contributed by atoms with Crippen LogP contribution in [0.5, 0.6) is 0 Å². The maximum atomic E-state index is 2.48. The minimum Gasteiger partial charge on any atom is -0.306 e. The molecule has 2 aliphatic rings. The van der Waals surface area contributed by atoms with Crippen LogP contribution in [-0.2, 0) is 0 Å². The summed E-state index contributed by atoms with van der Waals surface area (Å²) in [6.45, 7) is 2.69. The number of fused-ring (bicyclic) bond motifs is 1. The van der Waals surface area contributed by atoms with Gasteiger partial charge in [-0.3, -0.25) is 0 Å². The third kappa shape index (κ3) is 1.19. The van der Waals surface area contributed by atoms with Crippen molar-refractivity contribution in [2.75, 3.05) is 31.6 Å². The van der Waals surface area contributed by atoms with E-state index in [2.05, 4.69) is 23.7 Å². The smallest absolute Gasteiger partial charge is 0.00175 e. The second-order valence-corrected chi connectivity index (χ2v) is 4.68. The average molecular weight is 157 g/mol. The summed E-state index contributed by atoms with van der Waals surface area (Å²) in [7, 11) is 2.25. The molecule has 2 fully saturated rings. The zero-order chi connectivity index (χ0) is 6.97. The molecule has 2 atom stereocenters. The van der Waals surface area contributed by atoms with Gasteiger partial charge in [-0.25, -0.2) is 0 Å². The molecule has 10 heavy (non-hydrogen) atoms. The van der Waals surface area contributed by atoms with Crippen LogP contribution in [-0.4, -0.2) is 36.5 Å². The van der Waals surface area contributed by atoms with Crippen LogP contribution < -0.4 is 0 Å². The Morgan fingerprint density at radius 2 is 2.10 bits per heavy atom. The van der Waals surface area contributed by atoms with Crippen molar-refractivity contribution < 1.29 is 0 Å². The number of nitrogens with zero attached hydrogens (tertiary/aromatic N) is 1. The Kier molecular flexibility index (Phi) is 1.92. The van der Waals surface area contributed by atoms with Crippen molar-refractivity contribution in [3.8, 4) is 0 Å². The number of rotatable bonds is 0. The van der Waals surface area contributed by atoms with E-state index in [0.29, 0.717) is 0 Å². The number of hydrogen-bond donors (Lipinski definition) is 0. The molecule has 2 heteroatoms. The average Bonchev–Trinajstić information content (AvgIpc) is 2.33. The Labute approximate surface area is 67.2 Å². The summed E-state index contributed by atoms with van der Waals surface area (Å²) in [5.74, 6) is 4.97. The van der Waals surface area contributed by atoms with Crippen molar-refractivity contribution in [3.63, 3.8) is 0 Å². The molecule has 2 saturated heterocycles. The van der Waals surface area contributed by atoms with Gasteiger partial charge in [0.15, 0.2) is 0 Å². The molecule has 0 N–H and O–H groups in total. The van der Waals surface area contributed by atoms with Gasteiger partial charge in [-0.15, -0.1) is 0 Å². The Bertz CT molecular complexity index is 126. The zero-order valence-corrected chi connectivity index (χ0v) is 7.36. The SMILES string of the molecule is CN1CCC2CSCC2C1. The Morgan fingerprint density at radius 3 is 3.00 bits per heavy atom. The number of likely N-dealkylation sites (tertiary alicyclic amines) is 1. The van der Waals surface area contributed by atoms with Crippen LogP contribution in [0.1, 0.15) is 6.42 Å². The first-order valence-corrected chi connectivity index (χ1v) is 5.28. The van der Waals surface area contributed by atoms with E-state index < -0.39 is 0 Å². The fraction of sp³-hybridized carbons (Fsp3) is 1.00. The van der Waals surface area contributed by atoms with Gasteiger partial charge in [0.2, 0.25) is 0 Å². The van der Waals surface area contributed by atoms with Crippen molar-refractivity contribution in [1.82, 2.24) is 4.90 Å². The van der Waals surface area contributed by atoms with Crippen LogP contribution in [0.4, 0.5) is 0 Å². The number of thioether (sulfide) groups is 1. The monoisotopic (exact) mass is 157 g/mol. The molecule has 1 nitrogen and oxygen atoms in total. The van der Waals surface area contributed by atoms with Crippen molar-refractivity contribution in [3.05, 3.63) is 0 Å². The lowest BCUT2D eigenvalue weighted by molar-refractivity contribution is 0.178. The standard InChI is InChI=1S/C8H15NS/c1-9-3-2-7-5-10-6-8(7)4-9/h7-8H,2-6H2,1H3. The van der Waals surface area contributed by atoms with Crippen molar-refractivity contribution in [2.24, 2.45) is 11.8 Å². The van der Waals surface area contributed by atoms with Gasteiger partial charge < -0.3 is 4.90 Å². The normalized spacial score (nSPS) is 41.7. The minimum atomic E-state index is 1.03. The first-order chi connectivity index (χ1) is 4.86. The lowest BCUT2D eigenvalue weighted by Crippen LogP contribution is -2.37. The van der Waals surface area contributed by atoms with E-state index in [4.69, 9.17) is 0 Å². The molecule has 0 bridgehead atoms. The zero-order valence-electron chi connectivity index (χ0n) is 6.55. The maximum absolute atomic E-state index is 2.48. The lowest BCUT2D eigenvalue weighted by Gasteiger charge is -2.31. The Morgan fingerprint density at radius 1 is 1.30 bits per heavy atom. The molecule has 2 heterocycles. The van der Waals surface area contributed by atoms with Crippen LogP contribution in [0.3, 0.4) is 0 Å². The third-order valence-electron chi connectivity index (χ3n) is 2.76. The molecule has 2 unspecified atom stereocenters. The quantitative estimate of drug-likeness (QED) is 0.521. The lowest BCUT2D eigenvalue weighted by atomic mass is 9.89. The molecule has 0 spiro atoms. The summed E-state index contributed by atoms with van der Waals surface area (Å²) in [4.78, 5) is 2.48. The van der Waals surface area contributed by atoms with Crippen LogP contribution in [0.15, 0.2) is 0 Å². The molecule has 0 aromatic carbocycles. The molecular formula is C8H15NS. The molecule has 0 radical (unpaired) electrons. The van der Waals surface area contributed by atoms with Crippen molar-refractivity contribution in [1.29, 1.82) is 0 Å². The van der Waals surface area contributed by atoms with E-state index in [1.54, 1.807) is 0 Å². The van der Waals surface area contributed by atoms with E-state index in [1.165, 1.54) is 31.0 Å². The van der Waals surface area contributed by atoms with Gasteiger partial charge >= 0.3 is 0 Å². The number of piperidine rings is 1. The third-order valence-corrected chi connectivity index (χ3v) is 4.09. The molecule has 2 aliphatic heterocycles. The minimum absolute atomic E-state index is 1.03. The maximum Gasteiger partial charge on any atom is 0.00175 e. The van der Waals surface area contributed by atoms with E-state index in [-0.39, 0.29) is 0 Å². The highest BCUT2D eigenvalue weighted by Gasteiger charge is 2.31. The first-order valence-electron chi connectivity index (χ1n) is 4.12. The molecule has 0 saturated carbocycles. The Hall–Kier alpha value is 0.310. The molecule has 58 valence electrons. The molecule has 0 amide bonds. The van der Waals surface area contributed by atoms with Gasteiger partial charge in [-0.05, 0) is 43.4 Å².